The van der Waals surface area contributed by atoms with Gasteiger partial charge in [0, 0.05) is 6.42 Å². The van der Waals surface area contributed by atoms with Crippen LogP contribution in [0.25, 0.3) is 0 Å². The molecule has 0 spiro atoms. The van der Waals surface area contributed by atoms with Crippen LogP contribution in [0.2, 0.25) is 0 Å². The van der Waals surface area contributed by atoms with Gasteiger partial charge in [-0.1, -0.05) is 62.6 Å². The molecule has 0 saturated heterocycles. The van der Waals surface area contributed by atoms with Gasteiger partial charge in [0.15, 0.2) is 6.10 Å². The third-order valence-electron chi connectivity index (χ3n) is 4.71. The summed E-state index contributed by atoms with van der Waals surface area (Å²) in [5.41, 5.74) is 0. The van der Waals surface area contributed by atoms with Crippen molar-refractivity contribution in [2.75, 3.05) is 6.61 Å². The number of allylic oxidation sites excluding steroid dienone is 6. The fourth-order valence-electron chi connectivity index (χ4n) is 2.98. The number of aliphatic hydroxyl groups is 3. The highest BCUT2D eigenvalue weighted by atomic mass is 16.6. The number of unbranched alkanes of at least 4 members (excludes halogenated alkanes) is 5. The van der Waals surface area contributed by atoms with Crippen molar-refractivity contribution in [2.45, 2.75) is 83.3 Å². The first-order valence-electron chi connectivity index (χ1n) is 11.1. The Bertz CT molecular complexity index is 661. The molecule has 0 aliphatic carbocycles. The number of carbonyl (C=O) groups excluding carboxylic acids is 2. The van der Waals surface area contributed by atoms with Crippen molar-refractivity contribution in [3.8, 4) is 0 Å². The van der Waals surface area contributed by atoms with E-state index < -0.39 is 42.3 Å². The molecule has 0 amide bonds. The van der Waals surface area contributed by atoms with Crippen LogP contribution >= 0.6 is 0 Å². The Morgan fingerprint density at radius 1 is 1.03 bits per heavy atom. The predicted molar refractivity (Wildman–Crippen MR) is 118 cm³/mol. The fraction of sp³-hybridized carbons (Fsp3) is 0.583. The minimum Gasteiger partial charge on any atom is -0.499 e. The molecule has 0 fully saturated rings. The molecule has 0 aromatic heterocycles. The zero-order chi connectivity index (χ0) is 22.9. The first-order valence-corrected chi connectivity index (χ1v) is 11.1. The average Bonchev–Trinajstić information content (AvgIpc) is 3.04. The third-order valence-corrected chi connectivity index (χ3v) is 4.71. The van der Waals surface area contributed by atoms with Crippen molar-refractivity contribution in [1.82, 2.24) is 0 Å². The lowest BCUT2D eigenvalue weighted by atomic mass is 10.1. The van der Waals surface area contributed by atoms with Crippen LogP contribution in [0.1, 0.15) is 71.1 Å². The Morgan fingerprint density at radius 3 is 2.32 bits per heavy atom. The Hall–Kier alpha value is -2.38. The van der Waals surface area contributed by atoms with Crippen LogP contribution in [0.3, 0.4) is 0 Å². The van der Waals surface area contributed by atoms with E-state index >= 15 is 0 Å². The van der Waals surface area contributed by atoms with Gasteiger partial charge in [-0.2, -0.15) is 0 Å². The second kappa shape index (κ2) is 16.3. The van der Waals surface area contributed by atoms with Crippen LogP contribution in [-0.4, -0.2) is 46.1 Å². The van der Waals surface area contributed by atoms with Gasteiger partial charge in [0.2, 0.25) is 11.5 Å². The van der Waals surface area contributed by atoms with Crippen LogP contribution in [0.4, 0.5) is 0 Å². The largest absolute Gasteiger partial charge is 0.499 e. The van der Waals surface area contributed by atoms with Gasteiger partial charge >= 0.3 is 11.9 Å². The van der Waals surface area contributed by atoms with Crippen molar-refractivity contribution in [1.29, 1.82) is 0 Å². The lowest BCUT2D eigenvalue weighted by Gasteiger charge is -2.17. The zero-order valence-corrected chi connectivity index (χ0v) is 18.4. The van der Waals surface area contributed by atoms with Gasteiger partial charge in [-0.25, -0.2) is 4.79 Å². The van der Waals surface area contributed by atoms with Gasteiger partial charge < -0.3 is 24.8 Å². The molecule has 174 valence electrons. The normalized spacial score (nSPS) is 17.9. The van der Waals surface area contributed by atoms with E-state index in [1.165, 1.54) is 0 Å². The van der Waals surface area contributed by atoms with E-state index in [-0.39, 0.29) is 6.42 Å². The van der Waals surface area contributed by atoms with Crippen LogP contribution < -0.4 is 0 Å². The molecule has 0 saturated carbocycles. The summed E-state index contributed by atoms with van der Waals surface area (Å²) in [4.78, 5) is 23.3. The Kier molecular flexibility index (Phi) is 14.0. The van der Waals surface area contributed by atoms with Gasteiger partial charge in [-0.15, -0.1) is 0 Å². The molecule has 1 aliphatic heterocycles. The van der Waals surface area contributed by atoms with Crippen molar-refractivity contribution in [2.24, 2.45) is 0 Å². The Morgan fingerprint density at radius 2 is 1.65 bits per heavy atom. The maximum Gasteiger partial charge on any atom is 0.378 e. The van der Waals surface area contributed by atoms with Gasteiger partial charge in [0.25, 0.3) is 0 Å². The number of hydrogen-bond donors (Lipinski definition) is 3. The molecule has 0 aromatic carbocycles. The minimum atomic E-state index is -1.47. The molecule has 7 heteroatoms. The summed E-state index contributed by atoms with van der Waals surface area (Å²) in [6.45, 7) is 1.43. The summed E-state index contributed by atoms with van der Waals surface area (Å²) in [6.07, 6.45) is 19.1. The molecule has 3 N–H and O–H groups in total. The molecule has 0 radical (unpaired) electrons. The van der Waals surface area contributed by atoms with Crippen LogP contribution in [-0.2, 0) is 19.1 Å². The second-order valence-corrected chi connectivity index (χ2v) is 7.36. The van der Waals surface area contributed by atoms with E-state index in [4.69, 9.17) is 14.6 Å². The van der Waals surface area contributed by atoms with Crippen molar-refractivity contribution in [3.05, 3.63) is 48.0 Å². The number of cyclic esters (lactones) is 1. The van der Waals surface area contributed by atoms with Gasteiger partial charge in [0.1, 0.15) is 6.10 Å². The summed E-state index contributed by atoms with van der Waals surface area (Å²) in [6, 6.07) is 0. The molecular weight excluding hydrogens is 400 g/mol. The van der Waals surface area contributed by atoms with Crippen molar-refractivity contribution in [3.63, 3.8) is 0 Å². The highest BCUT2D eigenvalue weighted by Gasteiger charge is 2.41. The summed E-state index contributed by atoms with van der Waals surface area (Å²) < 4.78 is 9.71. The van der Waals surface area contributed by atoms with E-state index in [1.807, 2.05) is 0 Å². The fourth-order valence-corrected chi connectivity index (χ4v) is 2.98. The smallest absolute Gasteiger partial charge is 0.378 e. The monoisotopic (exact) mass is 436 g/mol. The Labute approximate surface area is 184 Å². The lowest BCUT2D eigenvalue weighted by Crippen LogP contribution is -2.33. The summed E-state index contributed by atoms with van der Waals surface area (Å²) in [7, 11) is 0. The maximum absolute atomic E-state index is 11.9. The predicted octanol–water partition coefficient (Wildman–Crippen LogP) is 4.17. The standard InChI is InChI=1S/C24H36O7/c1-2-3-4-5-6-7-8-9-10-11-12-13-14-15-16-17-20(27)30-23-21(28)24(29)31-22(23)19(26)18-25/h3-4,6-7,9-10,19,22,25-26,28H,2,5,8,11-18H2,1H3/b4-3-,7-6-,10-9-/t19-,22+/m0/s1. The first kappa shape index (κ1) is 26.7. The van der Waals surface area contributed by atoms with E-state index in [0.717, 1.165) is 51.4 Å². The molecule has 0 aromatic rings. The molecule has 0 unspecified atom stereocenters. The second-order valence-electron chi connectivity index (χ2n) is 7.36. The molecule has 1 aliphatic rings. The van der Waals surface area contributed by atoms with Crippen LogP contribution in [0.5, 0.6) is 0 Å². The van der Waals surface area contributed by atoms with Gasteiger partial charge in [-0.05, 0) is 38.5 Å². The SMILES string of the molecule is CC/C=C\C/C=C\C/C=C\CCCCCCCC(=O)OC1=C(O)C(=O)O[C@@H]1[C@@H](O)CO. The molecule has 1 heterocycles. The zero-order valence-electron chi connectivity index (χ0n) is 18.4. The number of ether oxygens (including phenoxy) is 2. The highest BCUT2D eigenvalue weighted by Crippen LogP contribution is 2.25. The summed E-state index contributed by atoms with van der Waals surface area (Å²) >= 11 is 0. The van der Waals surface area contributed by atoms with Gasteiger partial charge in [-0.3, -0.25) is 4.79 Å². The number of hydrogen-bond acceptors (Lipinski definition) is 7. The molecule has 1 rings (SSSR count). The quantitative estimate of drug-likeness (QED) is 0.189. The number of esters is 2. The number of carbonyl (C=O) groups is 2. The highest BCUT2D eigenvalue weighted by molar-refractivity contribution is 5.90. The van der Waals surface area contributed by atoms with Crippen LogP contribution in [0.15, 0.2) is 48.0 Å². The van der Waals surface area contributed by atoms with Crippen molar-refractivity contribution < 1.29 is 34.4 Å². The minimum absolute atomic E-state index is 0.132. The molecule has 7 nitrogen and oxygen atoms in total. The lowest BCUT2D eigenvalue weighted by molar-refractivity contribution is -0.151. The molecule has 0 bridgehead atoms. The summed E-state index contributed by atoms with van der Waals surface area (Å²) in [5, 5.41) is 28.2. The maximum atomic E-state index is 11.9. The molecular formula is C24H36O7. The topological polar surface area (TPSA) is 113 Å². The third kappa shape index (κ3) is 11.0. The van der Waals surface area contributed by atoms with E-state index in [2.05, 4.69) is 43.4 Å². The molecule has 2 atom stereocenters. The van der Waals surface area contributed by atoms with Crippen LogP contribution in [0, 0.1) is 0 Å². The number of aliphatic hydroxyl groups excluding tert-OH is 3. The molecule has 31 heavy (non-hydrogen) atoms. The Balaban J connectivity index is 2.10. The van der Waals surface area contributed by atoms with E-state index in [0.29, 0.717) is 6.42 Å². The average molecular weight is 437 g/mol. The summed E-state index contributed by atoms with van der Waals surface area (Å²) in [5.74, 6) is -2.98. The van der Waals surface area contributed by atoms with E-state index in [1.54, 1.807) is 0 Å². The first-order chi connectivity index (χ1) is 15.0. The van der Waals surface area contributed by atoms with E-state index in [9.17, 15) is 19.8 Å². The van der Waals surface area contributed by atoms with Crippen molar-refractivity contribution >= 4 is 11.9 Å². The number of rotatable bonds is 16. The van der Waals surface area contributed by atoms with Gasteiger partial charge in [0.05, 0.1) is 6.61 Å².